The number of anilines is 2. The molecular weight excluding hydrogens is 247 g/mol. The highest BCUT2D eigenvalue weighted by Crippen LogP contribution is 2.31. The molecule has 1 aliphatic carbocycles. The number of methoxy groups -OCH3 is 1. The fourth-order valence-corrected chi connectivity index (χ4v) is 1.79. The van der Waals surface area contributed by atoms with Crippen LogP contribution in [-0.2, 0) is 9.53 Å². The average molecular weight is 266 g/mol. The maximum Gasteiger partial charge on any atom is 0.229 e. The molecular formula is C14H19FN2O2. The summed E-state index contributed by atoms with van der Waals surface area (Å²) in [5.74, 6) is -0.993. The number of amides is 1. The molecule has 5 heteroatoms. The molecule has 1 atom stereocenters. The van der Waals surface area contributed by atoms with E-state index in [1.54, 1.807) is 19.1 Å². The Bertz CT molecular complexity index is 461. The molecule has 0 aromatic heterocycles. The first-order valence-corrected chi connectivity index (χ1v) is 6.46. The molecule has 104 valence electrons. The van der Waals surface area contributed by atoms with Crippen molar-refractivity contribution in [3.63, 3.8) is 0 Å². The predicted octanol–water partition coefficient (Wildman–Crippen LogP) is 2.62. The third-order valence-corrected chi connectivity index (χ3v) is 3.06. The third-order valence-electron chi connectivity index (χ3n) is 3.06. The van der Waals surface area contributed by atoms with Crippen molar-refractivity contribution >= 4 is 17.3 Å². The van der Waals surface area contributed by atoms with Crippen LogP contribution in [0.5, 0.6) is 0 Å². The summed E-state index contributed by atoms with van der Waals surface area (Å²) >= 11 is 0. The smallest absolute Gasteiger partial charge is 0.229 e. The number of benzene rings is 1. The van der Waals surface area contributed by atoms with E-state index in [4.69, 9.17) is 4.74 Å². The highest BCUT2D eigenvalue weighted by atomic mass is 19.1. The van der Waals surface area contributed by atoms with Gasteiger partial charge in [0.05, 0.1) is 18.2 Å². The minimum Gasteiger partial charge on any atom is -0.384 e. The highest BCUT2D eigenvalue weighted by molar-refractivity contribution is 5.95. The number of hydrogen-bond donors (Lipinski definition) is 2. The molecule has 0 radical (unpaired) electrons. The molecule has 0 spiro atoms. The summed E-state index contributed by atoms with van der Waals surface area (Å²) in [7, 11) is 1.53. The van der Waals surface area contributed by atoms with Crippen LogP contribution in [0.25, 0.3) is 0 Å². The Kier molecular flexibility index (Phi) is 4.37. The largest absolute Gasteiger partial charge is 0.384 e. The van der Waals surface area contributed by atoms with Gasteiger partial charge in [-0.15, -0.1) is 0 Å². The Balaban J connectivity index is 2.11. The second-order valence-electron chi connectivity index (χ2n) is 4.93. The predicted molar refractivity (Wildman–Crippen MR) is 72.7 cm³/mol. The number of carbonyl (C=O) groups excluding carboxylic acids is 1. The van der Waals surface area contributed by atoms with E-state index in [-0.39, 0.29) is 17.5 Å². The fraction of sp³-hybridized carbons (Fsp3) is 0.500. The minimum absolute atomic E-state index is 0.224. The molecule has 1 aromatic rings. The average Bonchev–Trinajstić information content (AvgIpc) is 3.17. The van der Waals surface area contributed by atoms with Gasteiger partial charge in [-0.1, -0.05) is 13.0 Å². The lowest BCUT2D eigenvalue weighted by Gasteiger charge is -2.16. The Morgan fingerprint density at radius 1 is 1.53 bits per heavy atom. The zero-order valence-electron chi connectivity index (χ0n) is 11.2. The van der Waals surface area contributed by atoms with Crippen LogP contribution in [0.2, 0.25) is 0 Å². The molecule has 0 saturated heterocycles. The molecule has 1 fully saturated rings. The summed E-state index contributed by atoms with van der Waals surface area (Å²) < 4.78 is 18.8. The SMILES string of the molecule is COCC(C)C(=O)Nc1c(F)cccc1NC1CC1. The molecule has 2 N–H and O–H groups in total. The van der Waals surface area contributed by atoms with Crippen molar-refractivity contribution in [1.29, 1.82) is 0 Å². The summed E-state index contributed by atoms with van der Waals surface area (Å²) in [6.45, 7) is 2.05. The molecule has 1 aliphatic rings. The number of nitrogens with one attached hydrogen (secondary N) is 2. The van der Waals surface area contributed by atoms with E-state index >= 15 is 0 Å². The van der Waals surface area contributed by atoms with E-state index in [9.17, 15) is 9.18 Å². The van der Waals surface area contributed by atoms with Gasteiger partial charge in [0, 0.05) is 13.2 Å². The van der Waals surface area contributed by atoms with Gasteiger partial charge >= 0.3 is 0 Å². The van der Waals surface area contributed by atoms with E-state index in [1.807, 2.05) is 0 Å². The maximum atomic E-state index is 13.8. The van der Waals surface area contributed by atoms with Gasteiger partial charge in [-0.25, -0.2) is 4.39 Å². The summed E-state index contributed by atoms with van der Waals surface area (Å²) in [4.78, 5) is 11.9. The molecule has 1 unspecified atom stereocenters. The van der Waals surface area contributed by atoms with E-state index in [0.717, 1.165) is 12.8 Å². The lowest BCUT2D eigenvalue weighted by atomic mass is 10.1. The van der Waals surface area contributed by atoms with Crippen molar-refractivity contribution < 1.29 is 13.9 Å². The molecule has 0 bridgehead atoms. The summed E-state index contributed by atoms with van der Waals surface area (Å²) in [5.41, 5.74) is 0.864. The number of rotatable bonds is 6. The van der Waals surface area contributed by atoms with Gasteiger partial charge in [0.1, 0.15) is 11.5 Å². The number of ether oxygens (including phenoxy) is 1. The highest BCUT2D eigenvalue weighted by Gasteiger charge is 2.23. The van der Waals surface area contributed by atoms with Gasteiger partial charge < -0.3 is 15.4 Å². The minimum atomic E-state index is -0.427. The van der Waals surface area contributed by atoms with Crippen LogP contribution in [-0.4, -0.2) is 25.7 Å². The summed E-state index contributed by atoms with van der Waals surface area (Å²) in [6, 6.07) is 5.15. The Morgan fingerprint density at radius 2 is 2.26 bits per heavy atom. The first-order valence-electron chi connectivity index (χ1n) is 6.46. The van der Waals surface area contributed by atoms with Crippen LogP contribution >= 0.6 is 0 Å². The lowest BCUT2D eigenvalue weighted by Crippen LogP contribution is -2.25. The quantitative estimate of drug-likeness (QED) is 0.832. The molecule has 1 saturated carbocycles. The van der Waals surface area contributed by atoms with Crippen molar-refractivity contribution in [1.82, 2.24) is 0 Å². The van der Waals surface area contributed by atoms with Gasteiger partial charge in [0.15, 0.2) is 0 Å². The third kappa shape index (κ3) is 3.67. The summed E-state index contributed by atoms with van der Waals surface area (Å²) in [5, 5.41) is 5.86. The lowest BCUT2D eigenvalue weighted by molar-refractivity contribution is -0.120. The number of para-hydroxylation sites is 1. The van der Waals surface area contributed by atoms with Crippen molar-refractivity contribution in [3.8, 4) is 0 Å². The van der Waals surface area contributed by atoms with Crippen LogP contribution in [0.3, 0.4) is 0 Å². The standard InChI is InChI=1S/C14H19FN2O2/c1-9(8-19-2)14(18)17-13-11(15)4-3-5-12(13)16-10-6-7-10/h3-5,9-10,16H,6-8H2,1-2H3,(H,17,18). The second kappa shape index (κ2) is 6.02. The van der Waals surface area contributed by atoms with E-state index in [2.05, 4.69) is 10.6 Å². The van der Waals surface area contributed by atoms with Crippen LogP contribution in [0.15, 0.2) is 18.2 Å². The number of hydrogen-bond acceptors (Lipinski definition) is 3. The Labute approximate surface area is 112 Å². The number of carbonyl (C=O) groups is 1. The molecule has 0 heterocycles. The zero-order valence-corrected chi connectivity index (χ0v) is 11.2. The normalized spacial score (nSPS) is 15.9. The van der Waals surface area contributed by atoms with Crippen molar-refractivity contribution in [3.05, 3.63) is 24.0 Å². The molecule has 4 nitrogen and oxygen atoms in total. The van der Waals surface area contributed by atoms with Crippen molar-refractivity contribution in [2.45, 2.75) is 25.8 Å². The van der Waals surface area contributed by atoms with Crippen molar-refractivity contribution in [2.75, 3.05) is 24.4 Å². The van der Waals surface area contributed by atoms with Crippen molar-refractivity contribution in [2.24, 2.45) is 5.92 Å². The van der Waals surface area contributed by atoms with Crippen LogP contribution < -0.4 is 10.6 Å². The van der Waals surface area contributed by atoms with Gasteiger partial charge in [0.25, 0.3) is 0 Å². The zero-order chi connectivity index (χ0) is 13.8. The van der Waals surface area contributed by atoms with E-state index < -0.39 is 5.82 Å². The molecule has 2 rings (SSSR count). The van der Waals surface area contributed by atoms with Gasteiger partial charge in [-0.05, 0) is 25.0 Å². The fourth-order valence-electron chi connectivity index (χ4n) is 1.79. The van der Waals surface area contributed by atoms with E-state index in [0.29, 0.717) is 18.3 Å². The Morgan fingerprint density at radius 3 is 2.89 bits per heavy atom. The molecule has 1 amide bonds. The monoisotopic (exact) mass is 266 g/mol. The number of halogens is 1. The van der Waals surface area contributed by atoms with E-state index in [1.165, 1.54) is 13.2 Å². The van der Waals surface area contributed by atoms with Gasteiger partial charge in [0.2, 0.25) is 5.91 Å². The van der Waals surface area contributed by atoms with Gasteiger partial charge in [-0.2, -0.15) is 0 Å². The van der Waals surface area contributed by atoms with Crippen LogP contribution in [0.1, 0.15) is 19.8 Å². The van der Waals surface area contributed by atoms with Crippen LogP contribution in [0.4, 0.5) is 15.8 Å². The molecule has 19 heavy (non-hydrogen) atoms. The second-order valence-corrected chi connectivity index (χ2v) is 4.93. The topological polar surface area (TPSA) is 50.4 Å². The first-order chi connectivity index (χ1) is 9.11. The molecule has 0 aliphatic heterocycles. The first kappa shape index (κ1) is 13.8. The maximum absolute atomic E-state index is 13.8. The van der Waals surface area contributed by atoms with Gasteiger partial charge in [-0.3, -0.25) is 4.79 Å². The van der Waals surface area contributed by atoms with Crippen LogP contribution in [0, 0.1) is 11.7 Å². The molecule has 1 aromatic carbocycles. The summed E-state index contributed by atoms with van der Waals surface area (Å²) in [6.07, 6.45) is 2.17. The Hall–Kier alpha value is -1.62.